The molecule has 1 atom stereocenters. The minimum absolute atomic E-state index is 0.00859. The van der Waals surface area contributed by atoms with Gasteiger partial charge in [0.15, 0.2) is 11.5 Å². The van der Waals surface area contributed by atoms with Gasteiger partial charge in [-0.15, -0.1) is 0 Å². The summed E-state index contributed by atoms with van der Waals surface area (Å²) in [6.07, 6.45) is -0.662. The Morgan fingerprint density at radius 1 is 0.933 bits per heavy atom. The Bertz CT molecular complexity index is 1080. The first-order valence-corrected chi connectivity index (χ1v) is 9.52. The van der Waals surface area contributed by atoms with Crippen LogP contribution >= 0.6 is 0 Å². The zero-order valence-electron chi connectivity index (χ0n) is 16.7. The van der Waals surface area contributed by atoms with E-state index < -0.39 is 12.1 Å². The molecule has 1 aliphatic rings. The molecule has 0 bridgehead atoms. The predicted molar refractivity (Wildman–Crippen MR) is 113 cm³/mol. The first kappa shape index (κ1) is 19.5. The summed E-state index contributed by atoms with van der Waals surface area (Å²) in [4.78, 5) is 24.9. The number of amides is 1. The lowest BCUT2D eigenvalue weighted by Gasteiger charge is -2.13. The minimum Gasteiger partial charge on any atom is -0.493 e. The summed E-state index contributed by atoms with van der Waals surface area (Å²) in [6, 6.07) is 21.0. The maximum absolute atomic E-state index is 12.6. The van der Waals surface area contributed by atoms with Crippen LogP contribution in [0.5, 0.6) is 11.5 Å². The van der Waals surface area contributed by atoms with Crippen molar-refractivity contribution in [1.29, 1.82) is 0 Å². The second kappa shape index (κ2) is 8.29. The van der Waals surface area contributed by atoms with Crippen molar-refractivity contribution in [2.75, 3.05) is 19.5 Å². The van der Waals surface area contributed by atoms with E-state index in [1.165, 1.54) is 14.2 Å². The first-order valence-electron chi connectivity index (χ1n) is 9.52. The van der Waals surface area contributed by atoms with E-state index in [0.29, 0.717) is 28.3 Å². The van der Waals surface area contributed by atoms with E-state index in [1.807, 2.05) is 54.6 Å². The van der Waals surface area contributed by atoms with E-state index in [2.05, 4.69) is 5.32 Å². The van der Waals surface area contributed by atoms with Crippen LogP contribution in [0.25, 0.3) is 11.1 Å². The quantitative estimate of drug-likeness (QED) is 0.609. The Hall–Kier alpha value is -3.80. The van der Waals surface area contributed by atoms with Crippen molar-refractivity contribution < 1.29 is 23.8 Å². The van der Waals surface area contributed by atoms with Crippen LogP contribution < -0.4 is 14.8 Å². The smallest absolute Gasteiger partial charge is 0.343 e. The maximum atomic E-state index is 12.6. The standard InChI is InChI=1S/C24H21NO5/c1-28-19-13-12-18-20(30-24(27)22(18)23(19)29-2)14-21(26)25-17-10-8-16(9-11-17)15-6-4-3-5-7-15/h3-13,20H,14H2,1-2H3,(H,25,26). The van der Waals surface area contributed by atoms with E-state index in [-0.39, 0.29) is 12.3 Å². The number of nitrogens with one attached hydrogen (secondary N) is 1. The molecule has 1 unspecified atom stereocenters. The van der Waals surface area contributed by atoms with Crippen LogP contribution in [-0.4, -0.2) is 26.1 Å². The van der Waals surface area contributed by atoms with E-state index in [4.69, 9.17) is 14.2 Å². The third-order valence-corrected chi connectivity index (χ3v) is 5.02. The summed E-state index contributed by atoms with van der Waals surface area (Å²) >= 11 is 0. The van der Waals surface area contributed by atoms with Crippen molar-refractivity contribution >= 4 is 17.6 Å². The highest BCUT2D eigenvalue weighted by atomic mass is 16.6. The van der Waals surface area contributed by atoms with Crippen molar-refractivity contribution in [2.45, 2.75) is 12.5 Å². The number of ether oxygens (including phenoxy) is 3. The second-order valence-electron chi connectivity index (χ2n) is 6.85. The van der Waals surface area contributed by atoms with E-state index >= 15 is 0 Å². The second-order valence-corrected chi connectivity index (χ2v) is 6.85. The lowest BCUT2D eigenvalue weighted by atomic mass is 10.0. The van der Waals surface area contributed by atoms with Crippen LogP contribution in [0.3, 0.4) is 0 Å². The number of rotatable bonds is 6. The van der Waals surface area contributed by atoms with Crippen LogP contribution in [0.1, 0.15) is 28.4 Å². The lowest BCUT2D eigenvalue weighted by molar-refractivity contribution is -0.118. The van der Waals surface area contributed by atoms with Gasteiger partial charge in [0.25, 0.3) is 0 Å². The van der Waals surface area contributed by atoms with Gasteiger partial charge in [-0.2, -0.15) is 0 Å². The van der Waals surface area contributed by atoms with Crippen LogP contribution in [0, 0.1) is 0 Å². The van der Waals surface area contributed by atoms with Crippen LogP contribution in [0.15, 0.2) is 66.7 Å². The summed E-state index contributed by atoms with van der Waals surface area (Å²) in [5, 5.41) is 2.86. The van der Waals surface area contributed by atoms with Gasteiger partial charge in [-0.1, -0.05) is 48.5 Å². The van der Waals surface area contributed by atoms with Gasteiger partial charge in [-0.3, -0.25) is 4.79 Å². The van der Waals surface area contributed by atoms with Crippen LogP contribution in [0.4, 0.5) is 5.69 Å². The molecule has 0 aliphatic carbocycles. The summed E-state index contributed by atoms with van der Waals surface area (Å²) in [6.45, 7) is 0. The molecule has 0 fully saturated rings. The highest BCUT2D eigenvalue weighted by molar-refractivity contribution is 5.99. The van der Waals surface area contributed by atoms with Crippen molar-refractivity contribution in [3.63, 3.8) is 0 Å². The van der Waals surface area contributed by atoms with E-state index in [9.17, 15) is 9.59 Å². The average Bonchev–Trinajstić information content (AvgIpc) is 3.09. The zero-order chi connectivity index (χ0) is 21.1. The highest BCUT2D eigenvalue weighted by Gasteiger charge is 2.36. The van der Waals surface area contributed by atoms with Crippen molar-refractivity contribution in [3.05, 3.63) is 77.9 Å². The topological polar surface area (TPSA) is 73.9 Å². The number of hydrogen-bond acceptors (Lipinski definition) is 5. The van der Waals surface area contributed by atoms with Gasteiger partial charge in [0.1, 0.15) is 11.7 Å². The fourth-order valence-electron chi connectivity index (χ4n) is 3.58. The number of hydrogen-bond donors (Lipinski definition) is 1. The van der Waals surface area contributed by atoms with Crippen molar-refractivity contribution in [3.8, 4) is 22.6 Å². The molecule has 0 radical (unpaired) electrons. The molecule has 6 nitrogen and oxygen atoms in total. The molecule has 0 saturated heterocycles. The molecular weight excluding hydrogens is 382 g/mol. The van der Waals surface area contributed by atoms with Gasteiger partial charge >= 0.3 is 5.97 Å². The molecule has 4 rings (SSSR count). The monoisotopic (exact) mass is 403 g/mol. The number of cyclic esters (lactones) is 1. The molecular formula is C24H21NO5. The average molecular weight is 403 g/mol. The number of benzene rings is 3. The number of fused-ring (bicyclic) bond motifs is 1. The van der Waals surface area contributed by atoms with Gasteiger partial charge in [-0.05, 0) is 29.3 Å². The molecule has 1 amide bonds. The molecule has 152 valence electrons. The highest BCUT2D eigenvalue weighted by Crippen LogP contribution is 2.43. The van der Waals surface area contributed by atoms with Gasteiger partial charge < -0.3 is 19.5 Å². The van der Waals surface area contributed by atoms with E-state index in [0.717, 1.165) is 11.1 Å². The molecule has 6 heteroatoms. The van der Waals surface area contributed by atoms with Crippen molar-refractivity contribution in [1.82, 2.24) is 0 Å². The van der Waals surface area contributed by atoms with Crippen LogP contribution in [0.2, 0.25) is 0 Å². The molecule has 1 N–H and O–H groups in total. The SMILES string of the molecule is COc1ccc2c(c1OC)C(=O)OC2CC(=O)Nc1ccc(-c2ccccc2)cc1. The molecule has 30 heavy (non-hydrogen) atoms. The van der Waals surface area contributed by atoms with Gasteiger partial charge in [0.05, 0.1) is 20.6 Å². The zero-order valence-corrected chi connectivity index (χ0v) is 16.7. The molecule has 0 aromatic heterocycles. The summed E-state index contributed by atoms with van der Waals surface area (Å²) < 4.78 is 16.0. The van der Waals surface area contributed by atoms with Crippen LogP contribution in [-0.2, 0) is 9.53 Å². The molecule has 3 aromatic rings. The molecule has 1 aliphatic heterocycles. The van der Waals surface area contributed by atoms with Gasteiger partial charge in [0, 0.05) is 11.3 Å². The minimum atomic E-state index is -0.670. The summed E-state index contributed by atoms with van der Waals surface area (Å²) in [5.41, 5.74) is 3.77. The van der Waals surface area contributed by atoms with Gasteiger partial charge in [0.2, 0.25) is 5.91 Å². The molecule has 0 saturated carbocycles. The summed E-state index contributed by atoms with van der Waals surface area (Å²) in [7, 11) is 2.96. The number of esters is 1. The summed E-state index contributed by atoms with van der Waals surface area (Å²) in [5.74, 6) is -0.00937. The van der Waals surface area contributed by atoms with E-state index in [1.54, 1.807) is 12.1 Å². The molecule has 3 aromatic carbocycles. The number of carbonyl (C=O) groups is 2. The fourth-order valence-corrected chi connectivity index (χ4v) is 3.58. The number of methoxy groups -OCH3 is 2. The molecule has 1 heterocycles. The third kappa shape index (κ3) is 3.72. The largest absolute Gasteiger partial charge is 0.493 e. The first-order chi connectivity index (χ1) is 14.6. The Labute approximate surface area is 174 Å². The Balaban J connectivity index is 1.46. The maximum Gasteiger partial charge on any atom is 0.343 e. The number of carbonyl (C=O) groups excluding carboxylic acids is 2. The predicted octanol–water partition coefficient (Wildman–Crippen LogP) is 4.61. The normalized spacial score (nSPS) is 14.6. The lowest BCUT2D eigenvalue weighted by Crippen LogP contribution is -2.15. The number of anilines is 1. The third-order valence-electron chi connectivity index (χ3n) is 5.02. The Morgan fingerprint density at radius 3 is 2.30 bits per heavy atom. The Morgan fingerprint density at radius 2 is 1.63 bits per heavy atom. The Kier molecular flexibility index (Phi) is 5.39. The van der Waals surface area contributed by atoms with Gasteiger partial charge in [-0.25, -0.2) is 4.79 Å². The fraction of sp³-hybridized carbons (Fsp3) is 0.167. The van der Waals surface area contributed by atoms with Crippen molar-refractivity contribution in [2.24, 2.45) is 0 Å². The molecule has 0 spiro atoms.